The Kier molecular flexibility index (Phi) is 6.43. The summed E-state index contributed by atoms with van der Waals surface area (Å²) in [5.74, 6) is 0.591. The Hall–Kier alpha value is -3.02. The molecule has 0 bridgehead atoms. The maximum Gasteiger partial charge on any atom is 0.202 e. The molecule has 0 heterocycles. The summed E-state index contributed by atoms with van der Waals surface area (Å²) < 4.78 is 5.89. The molecule has 2 aromatic rings. The summed E-state index contributed by atoms with van der Waals surface area (Å²) in [6.45, 7) is 3.93. The number of hydrogen-bond acceptors (Lipinski definition) is 5. The quantitative estimate of drug-likeness (QED) is 0.538. The number of carbonyl (C=O) groups excluding carboxylic acids is 2. The van der Waals surface area contributed by atoms with E-state index in [0.717, 1.165) is 36.8 Å². The Bertz CT molecular complexity index is 1330. The van der Waals surface area contributed by atoms with E-state index >= 15 is 0 Å². The van der Waals surface area contributed by atoms with E-state index in [2.05, 4.69) is 19.1 Å². The van der Waals surface area contributed by atoms with Crippen molar-refractivity contribution < 1.29 is 24.5 Å². The van der Waals surface area contributed by atoms with Gasteiger partial charge in [0.15, 0.2) is 5.78 Å². The van der Waals surface area contributed by atoms with E-state index in [1.165, 1.54) is 5.56 Å². The number of ether oxygens (including phenoxy) is 1. The molecule has 0 spiro atoms. The lowest BCUT2D eigenvalue weighted by molar-refractivity contribution is -0.178. The summed E-state index contributed by atoms with van der Waals surface area (Å²) in [4.78, 5) is 25.6. The van der Waals surface area contributed by atoms with Crippen molar-refractivity contribution >= 4 is 11.6 Å². The molecule has 4 aliphatic rings. The van der Waals surface area contributed by atoms with Gasteiger partial charge >= 0.3 is 0 Å². The summed E-state index contributed by atoms with van der Waals surface area (Å²) in [6, 6.07) is 18.0. The number of ketones is 2. The maximum atomic E-state index is 13.6. The highest BCUT2D eigenvalue weighted by molar-refractivity contribution is 6.01. The number of fused-ring (bicyclic) bond motifs is 5. The molecule has 204 valence electrons. The molecule has 2 N–H and O–H groups in total. The second-order valence-corrected chi connectivity index (χ2v) is 12.6. The molecule has 5 nitrogen and oxygen atoms in total. The SMILES string of the molecule is CC12C=CC(=O)C=C1CCC1C2[C@@H](O)CC2(C)C1CC[C@]2(O)C(=O)COc1ccc(Cc2ccccc2)cc1. The predicted octanol–water partition coefficient (Wildman–Crippen LogP) is 5.24. The highest BCUT2D eigenvalue weighted by Crippen LogP contribution is 2.67. The van der Waals surface area contributed by atoms with Gasteiger partial charge in [0.25, 0.3) is 0 Å². The van der Waals surface area contributed by atoms with E-state index in [1.807, 2.05) is 55.5 Å². The van der Waals surface area contributed by atoms with Crippen LogP contribution < -0.4 is 4.74 Å². The number of benzene rings is 2. The summed E-state index contributed by atoms with van der Waals surface area (Å²) in [5, 5.41) is 23.5. The molecule has 3 fully saturated rings. The minimum absolute atomic E-state index is 0.0164. The van der Waals surface area contributed by atoms with Crippen molar-refractivity contribution in [2.45, 2.75) is 64.1 Å². The first-order chi connectivity index (χ1) is 18.6. The van der Waals surface area contributed by atoms with Crippen molar-refractivity contribution in [3.8, 4) is 5.75 Å². The first-order valence-electron chi connectivity index (χ1n) is 14.3. The largest absolute Gasteiger partial charge is 0.486 e. The zero-order chi connectivity index (χ0) is 27.4. The summed E-state index contributed by atoms with van der Waals surface area (Å²) in [7, 11) is 0. The number of aliphatic hydroxyl groups excluding tert-OH is 1. The standard InChI is InChI=1S/C34H38O5/c1-32-16-14-25(35)19-24(32)10-13-27-28-15-17-34(38,33(28,2)20-29(36)31(27)32)30(37)21-39-26-11-8-23(9-12-26)18-22-6-4-3-5-7-22/h3-9,11-12,14,16,19,27-29,31,36,38H,10,13,15,17-18,20-21H2,1-2H3/t27?,28?,29-,31?,32?,33?,34-/m0/s1. The van der Waals surface area contributed by atoms with Crippen LogP contribution in [-0.2, 0) is 16.0 Å². The second kappa shape index (κ2) is 9.57. The first-order valence-corrected chi connectivity index (χ1v) is 14.3. The Morgan fingerprint density at radius 1 is 1.03 bits per heavy atom. The molecule has 0 saturated heterocycles. The van der Waals surface area contributed by atoms with Crippen LogP contribution in [0, 0.1) is 28.6 Å². The molecular formula is C34H38O5. The van der Waals surface area contributed by atoms with E-state index in [0.29, 0.717) is 18.6 Å². The van der Waals surface area contributed by atoms with Crippen LogP contribution in [0.4, 0.5) is 0 Å². The van der Waals surface area contributed by atoms with Gasteiger partial charge in [-0.3, -0.25) is 9.59 Å². The monoisotopic (exact) mass is 526 g/mol. The van der Waals surface area contributed by atoms with Gasteiger partial charge < -0.3 is 14.9 Å². The molecule has 7 atom stereocenters. The van der Waals surface area contributed by atoms with Gasteiger partial charge in [0.05, 0.1) is 6.10 Å². The lowest BCUT2D eigenvalue weighted by Crippen LogP contribution is -2.61. The molecule has 2 aromatic carbocycles. The molecule has 0 aromatic heterocycles. The van der Waals surface area contributed by atoms with Gasteiger partial charge in [0.2, 0.25) is 5.78 Å². The van der Waals surface area contributed by atoms with E-state index in [-0.39, 0.29) is 41.3 Å². The molecule has 0 amide bonds. The van der Waals surface area contributed by atoms with Crippen LogP contribution in [0.1, 0.15) is 57.1 Å². The second-order valence-electron chi connectivity index (χ2n) is 12.6. The first kappa shape index (κ1) is 26.2. The zero-order valence-electron chi connectivity index (χ0n) is 22.8. The van der Waals surface area contributed by atoms with E-state index in [1.54, 1.807) is 12.2 Å². The van der Waals surface area contributed by atoms with Crippen LogP contribution in [0.15, 0.2) is 78.4 Å². The summed E-state index contributed by atoms with van der Waals surface area (Å²) in [6.07, 6.45) is 8.69. The van der Waals surface area contributed by atoms with Crippen LogP contribution in [0.3, 0.4) is 0 Å². The van der Waals surface area contributed by atoms with Crippen LogP contribution in [0.25, 0.3) is 0 Å². The molecule has 3 saturated carbocycles. The van der Waals surface area contributed by atoms with Crippen LogP contribution in [0.5, 0.6) is 5.75 Å². The number of Topliss-reactive ketones (excluding diaryl/α,β-unsaturated/α-hetero) is 1. The third kappa shape index (κ3) is 4.22. The predicted molar refractivity (Wildman–Crippen MR) is 149 cm³/mol. The molecule has 39 heavy (non-hydrogen) atoms. The molecule has 0 aliphatic heterocycles. The lowest BCUT2D eigenvalue weighted by Gasteiger charge is -2.59. The molecular weight excluding hydrogens is 488 g/mol. The fourth-order valence-electron chi connectivity index (χ4n) is 8.59. The van der Waals surface area contributed by atoms with Crippen molar-refractivity contribution in [3.63, 3.8) is 0 Å². The Morgan fingerprint density at radius 2 is 1.74 bits per heavy atom. The van der Waals surface area contributed by atoms with Gasteiger partial charge in [-0.25, -0.2) is 0 Å². The molecule has 4 aliphatic carbocycles. The van der Waals surface area contributed by atoms with Crippen molar-refractivity contribution in [2.24, 2.45) is 28.6 Å². The number of hydrogen-bond donors (Lipinski definition) is 2. The van der Waals surface area contributed by atoms with Gasteiger partial charge in [-0.05, 0) is 85.8 Å². The van der Waals surface area contributed by atoms with Crippen LogP contribution in [-0.4, -0.2) is 40.1 Å². The fourth-order valence-corrected chi connectivity index (χ4v) is 8.59. The van der Waals surface area contributed by atoms with E-state index < -0.39 is 17.1 Å². The molecule has 5 heteroatoms. The van der Waals surface area contributed by atoms with Gasteiger partial charge in [-0.2, -0.15) is 0 Å². The number of carbonyl (C=O) groups is 2. The van der Waals surface area contributed by atoms with Crippen molar-refractivity contribution in [1.82, 2.24) is 0 Å². The third-order valence-corrected chi connectivity index (χ3v) is 10.7. The van der Waals surface area contributed by atoms with E-state index in [4.69, 9.17) is 4.74 Å². The topological polar surface area (TPSA) is 83.8 Å². The highest BCUT2D eigenvalue weighted by atomic mass is 16.5. The van der Waals surface area contributed by atoms with Crippen LogP contribution in [0.2, 0.25) is 0 Å². The molecule has 0 radical (unpaired) electrons. The molecule has 6 rings (SSSR count). The molecule has 5 unspecified atom stereocenters. The van der Waals surface area contributed by atoms with Gasteiger partial charge in [0, 0.05) is 16.7 Å². The normalized spacial score (nSPS) is 36.9. The number of rotatable bonds is 6. The van der Waals surface area contributed by atoms with Gasteiger partial charge in [-0.15, -0.1) is 0 Å². The average molecular weight is 527 g/mol. The van der Waals surface area contributed by atoms with Crippen LogP contribution >= 0.6 is 0 Å². The van der Waals surface area contributed by atoms with Gasteiger partial charge in [-0.1, -0.05) is 68.0 Å². The van der Waals surface area contributed by atoms with E-state index in [9.17, 15) is 19.8 Å². The van der Waals surface area contributed by atoms with Crippen molar-refractivity contribution in [3.05, 3.63) is 89.5 Å². The minimum Gasteiger partial charge on any atom is -0.486 e. The van der Waals surface area contributed by atoms with Crippen molar-refractivity contribution in [2.75, 3.05) is 6.61 Å². The zero-order valence-corrected chi connectivity index (χ0v) is 22.8. The Labute approximate surface area is 230 Å². The highest BCUT2D eigenvalue weighted by Gasteiger charge is 2.68. The lowest BCUT2D eigenvalue weighted by atomic mass is 9.46. The summed E-state index contributed by atoms with van der Waals surface area (Å²) in [5.41, 5.74) is 0.874. The Balaban J connectivity index is 1.15. The Morgan fingerprint density at radius 3 is 2.49 bits per heavy atom. The summed E-state index contributed by atoms with van der Waals surface area (Å²) >= 11 is 0. The number of aliphatic hydroxyl groups is 2. The van der Waals surface area contributed by atoms with Gasteiger partial charge in [0.1, 0.15) is 18.0 Å². The maximum absolute atomic E-state index is 13.6. The minimum atomic E-state index is -1.54. The fraction of sp³-hybridized carbons (Fsp3) is 0.471. The number of allylic oxidation sites excluding steroid dienone is 4. The third-order valence-electron chi connectivity index (χ3n) is 10.7. The van der Waals surface area contributed by atoms with Crippen molar-refractivity contribution in [1.29, 1.82) is 0 Å². The smallest absolute Gasteiger partial charge is 0.202 e. The average Bonchev–Trinajstić information content (AvgIpc) is 3.19.